The Hall–Kier alpha value is -2.22. The van der Waals surface area contributed by atoms with Crippen LogP contribution in [0.3, 0.4) is 0 Å². The quantitative estimate of drug-likeness (QED) is 0.625. The molecule has 5 nitrogen and oxygen atoms in total. The number of hydrogen-bond donors (Lipinski definition) is 2. The van der Waals surface area contributed by atoms with Crippen LogP contribution in [-0.2, 0) is 13.2 Å². The molecule has 0 bridgehead atoms. The number of aromatic nitrogens is 2. The lowest BCUT2D eigenvalue weighted by atomic mass is 10.2. The largest absolute Gasteiger partial charge is 0.495 e. The summed E-state index contributed by atoms with van der Waals surface area (Å²) in [6, 6.07) is 18.2. The van der Waals surface area contributed by atoms with Gasteiger partial charge in [0.2, 0.25) is 5.13 Å². The lowest BCUT2D eigenvalue weighted by Gasteiger charge is -2.13. The van der Waals surface area contributed by atoms with Crippen LogP contribution in [0.15, 0.2) is 54.6 Å². The SMILES string of the molecule is COc1ccccc1Nc1nn(C[NH+](C)Cc2ccccc2)c(=S)s1. The molecule has 0 aliphatic rings. The molecule has 0 spiro atoms. The van der Waals surface area contributed by atoms with Crippen molar-refractivity contribution < 1.29 is 9.64 Å². The number of benzene rings is 2. The molecule has 130 valence electrons. The summed E-state index contributed by atoms with van der Waals surface area (Å²) < 4.78 is 7.99. The number of para-hydroxylation sites is 2. The first-order valence-corrected chi connectivity index (χ1v) is 9.21. The van der Waals surface area contributed by atoms with E-state index in [4.69, 9.17) is 17.0 Å². The smallest absolute Gasteiger partial charge is 0.209 e. The number of methoxy groups -OCH3 is 1. The van der Waals surface area contributed by atoms with Crippen molar-refractivity contribution in [2.45, 2.75) is 13.2 Å². The van der Waals surface area contributed by atoms with Crippen LogP contribution in [0.5, 0.6) is 5.75 Å². The monoisotopic (exact) mass is 373 g/mol. The number of nitrogens with zero attached hydrogens (tertiary/aromatic N) is 2. The first-order valence-electron chi connectivity index (χ1n) is 7.99. The van der Waals surface area contributed by atoms with Crippen LogP contribution in [0.25, 0.3) is 0 Å². The second-order valence-electron chi connectivity index (χ2n) is 5.78. The van der Waals surface area contributed by atoms with Gasteiger partial charge >= 0.3 is 0 Å². The van der Waals surface area contributed by atoms with Gasteiger partial charge in [-0.05, 0) is 24.4 Å². The van der Waals surface area contributed by atoms with Gasteiger partial charge in [-0.25, -0.2) is 0 Å². The van der Waals surface area contributed by atoms with E-state index in [1.165, 1.54) is 21.8 Å². The summed E-state index contributed by atoms with van der Waals surface area (Å²) >= 11 is 6.93. The van der Waals surface area contributed by atoms with Crippen LogP contribution in [0.4, 0.5) is 10.8 Å². The molecule has 7 heteroatoms. The van der Waals surface area contributed by atoms with Crippen LogP contribution in [0.2, 0.25) is 0 Å². The van der Waals surface area contributed by atoms with E-state index < -0.39 is 0 Å². The van der Waals surface area contributed by atoms with E-state index in [1.54, 1.807) is 7.11 Å². The van der Waals surface area contributed by atoms with Gasteiger partial charge < -0.3 is 15.0 Å². The second-order valence-corrected chi connectivity index (χ2v) is 7.40. The summed E-state index contributed by atoms with van der Waals surface area (Å²) in [6.45, 7) is 1.65. The third kappa shape index (κ3) is 4.66. The fraction of sp³-hybridized carbons (Fsp3) is 0.222. The first kappa shape index (κ1) is 17.6. The van der Waals surface area contributed by atoms with Gasteiger partial charge in [-0.1, -0.05) is 53.8 Å². The molecule has 0 saturated heterocycles. The zero-order chi connectivity index (χ0) is 17.6. The average Bonchev–Trinajstić information content (AvgIpc) is 2.95. The molecule has 0 amide bonds. The summed E-state index contributed by atoms with van der Waals surface area (Å²) in [5.41, 5.74) is 2.18. The highest BCUT2D eigenvalue weighted by atomic mass is 32.1. The van der Waals surface area contributed by atoms with Crippen molar-refractivity contribution in [3.8, 4) is 5.75 Å². The number of ether oxygens (including phenoxy) is 1. The Morgan fingerprint density at radius 3 is 2.64 bits per heavy atom. The molecule has 1 atom stereocenters. The lowest BCUT2D eigenvalue weighted by Crippen LogP contribution is -3.07. The number of quaternary nitrogens is 1. The summed E-state index contributed by atoms with van der Waals surface area (Å²) in [5, 5.41) is 8.66. The van der Waals surface area contributed by atoms with Crippen molar-refractivity contribution in [3.63, 3.8) is 0 Å². The van der Waals surface area contributed by atoms with Gasteiger partial charge in [-0.3, -0.25) is 0 Å². The summed E-state index contributed by atoms with van der Waals surface area (Å²) in [4.78, 5) is 1.32. The van der Waals surface area contributed by atoms with Crippen molar-refractivity contribution >= 4 is 34.4 Å². The highest BCUT2D eigenvalue weighted by Crippen LogP contribution is 2.28. The van der Waals surface area contributed by atoms with E-state index in [0.29, 0.717) is 0 Å². The third-order valence-electron chi connectivity index (χ3n) is 3.72. The minimum absolute atomic E-state index is 0.720. The molecule has 3 aromatic rings. The van der Waals surface area contributed by atoms with Gasteiger partial charge in [0.15, 0.2) is 10.6 Å². The minimum Gasteiger partial charge on any atom is -0.495 e. The molecule has 25 heavy (non-hydrogen) atoms. The molecule has 2 N–H and O–H groups in total. The molecule has 0 aliphatic carbocycles. The molecule has 0 fully saturated rings. The summed E-state index contributed by atoms with van der Waals surface area (Å²) in [5.74, 6) is 0.780. The molecule has 1 unspecified atom stereocenters. The normalized spacial score (nSPS) is 11.9. The van der Waals surface area contributed by atoms with Crippen molar-refractivity contribution in [1.29, 1.82) is 0 Å². The van der Waals surface area contributed by atoms with Gasteiger partial charge in [-0.15, -0.1) is 5.10 Å². The van der Waals surface area contributed by atoms with E-state index in [9.17, 15) is 0 Å². The molecule has 1 heterocycles. The van der Waals surface area contributed by atoms with Crippen molar-refractivity contribution in [2.24, 2.45) is 0 Å². The highest BCUT2D eigenvalue weighted by Gasteiger charge is 2.11. The van der Waals surface area contributed by atoms with Gasteiger partial charge in [-0.2, -0.15) is 4.68 Å². The maximum absolute atomic E-state index is 5.47. The molecule has 2 aromatic carbocycles. The van der Waals surface area contributed by atoms with E-state index in [0.717, 1.165) is 33.7 Å². The van der Waals surface area contributed by atoms with Crippen LogP contribution < -0.4 is 15.0 Å². The summed E-state index contributed by atoms with van der Waals surface area (Å²) in [7, 11) is 3.80. The molecule has 0 saturated carbocycles. The zero-order valence-electron chi connectivity index (χ0n) is 14.2. The van der Waals surface area contributed by atoms with Crippen LogP contribution in [0.1, 0.15) is 5.56 Å². The average molecular weight is 374 g/mol. The van der Waals surface area contributed by atoms with Crippen LogP contribution in [0, 0.1) is 3.95 Å². The highest BCUT2D eigenvalue weighted by molar-refractivity contribution is 7.73. The Kier molecular flexibility index (Phi) is 5.80. The molecule has 1 aromatic heterocycles. The fourth-order valence-corrected chi connectivity index (χ4v) is 3.59. The Morgan fingerprint density at radius 2 is 1.88 bits per heavy atom. The fourth-order valence-electron chi connectivity index (χ4n) is 2.58. The number of anilines is 2. The van der Waals surface area contributed by atoms with E-state index >= 15 is 0 Å². The van der Waals surface area contributed by atoms with Crippen molar-refractivity contribution in [1.82, 2.24) is 9.78 Å². The molecule has 0 radical (unpaired) electrons. The molecule has 3 rings (SSSR count). The van der Waals surface area contributed by atoms with E-state index in [2.05, 4.69) is 41.7 Å². The Morgan fingerprint density at radius 1 is 1.16 bits per heavy atom. The van der Waals surface area contributed by atoms with Gasteiger partial charge in [0, 0.05) is 5.56 Å². The van der Waals surface area contributed by atoms with Crippen LogP contribution >= 0.6 is 23.6 Å². The molecular formula is C18H21N4OS2+. The van der Waals surface area contributed by atoms with E-state index in [-0.39, 0.29) is 0 Å². The maximum atomic E-state index is 5.47. The van der Waals surface area contributed by atoms with Crippen molar-refractivity contribution in [2.75, 3.05) is 19.5 Å². The standard InChI is InChI=1S/C18H20N4OS2/c1-21(12-14-8-4-3-5-9-14)13-22-18(24)25-17(20-22)19-15-10-6-7-11-16(15)23-2/h3-11H,12-13H2,1-2H3,(H,19,20)/p+1. The maximum Gasteiger partial charge on any atom is 0.209 e. The summed E-state index contributed by atoms with van der Waals surface area (Å²) in [6.07, 6.45) is 0. The topological polar surface area (TPSA) is 43.5 Å². The zero-order valence-corrected chi connectivity index (χ0v) is 15.9. The predicted octanol–water partition coefficient (Wildman–Crippen LogP) is 3.10. The number of rotatable bonds is 7. The van der Waals surface area contributed by atoms with Gasteiger partial charge in [0.1, 0.15) is 12.3 Å². The number of hydrogen-bond acceptors (Lipinski definition) is 5. The first-order chi connectivity index (χ1) is 12.2. The molecular weight excluding hydrogens is 352 g/mol. The third-order valence-corrected chi connectivity index (χ3v) is 4.95. The van der Waals surface area contributed by atoms with E-state index in [1.807, 2.05) is 35.0 Å². The van der Waals surface area contributed by atoms with Gasteiger partial charge in [0.25, 0.3) is 0 Å². The minimum atomic E-state index is 0.720. The van der Waals surface area contributed by atoms with Crippen molar-refractivity contribution in [3.05, 3.63) is 64.1 Å². The van der Waals surface area contributed by atoms with Gasteiger partial charge in [0.05, 0.1) is 19.8 Å². The Balaban J connectivity index is 1.69. The van der Waals surface area contributed by atoms with Crippen LogP contribution in [-0.4, -0.2) is 23.9 Å². The predicted molar refractivity (Wildman–Crippen MR) is 104 cm³/mol. The Bertz CT molecular complexity index is 876. The lowest BCUT2D eigenvalue weighted by molar-refractivity contribution is -0.917. The Labute approximate surface area is 156 Å². The number of nitrogens with one attached hydrogen (secondary N) is 2. The second kappa shape index (κ2) is 8.24. The molecule has 0 aliphatic heterocycles.